The smallest absolute Gasteiger partial charge is 0.328 e. The largest absolute Gasteiger partial charge is 0.462 e. The lowest BCUT2D eigenvalue weighted by molar-refractivity contribution is -0.296. The average molecular weight is 681 g/mol. The molecule has 48 heavy (non-hydrogen) atoms. The van der Waals surface area contributed by atoms with E-state index in [0.717, 1.165) is 41.5 Å². The lowest BCUT2D eigenvalue weighted by Gasteiger charge is -2.48. The lowest BCUT2D eigenvalue weighted by Crippen LogP contribution is -2.71. The molecule has 2 amide bonds. The number of benzene rings is 1. The van der Waals surface area contributed by atoms with Crippen LogP contribution in [0.2, 0.25) is 0 Å². The minimum Gasteiger partial charge on any atom is -0.462 e. The van der Waals surface area contributed by atoms with E-state index in [2.05, 4.69) is 10.6 Å². The number of amides is 2. The Morgan fingerprint density at radius 1 is 0.833 bits per heavy atom. The van der Waals surface area contributed by atoms with Gasteiger partial charge in [0, 0.05) is 41.5 Å². The zero-order valence-electron chi connectivity index (χ0n) is 27.6. The van der Waals surface area contributed by atoms with Crippen molar-refractivity contribution in [2.24, 2.45) is 0 Å². The quantitative estimate of drug-likeness (QED) is 0.197. The number of carbonyl (C=O) groups excluding carboxylic acids is 8. The van der Waals surface area contributed by atoms with Crippen molar-refractivity contribution in [3.63, 3.8) is 0 Å². The monoisotopic (exact) mass is 680 g/mol. The normalized spacial score (nSPS) is 21.9. The summed E-state index contributed by atoms with van der Waals surface area (Å²) in [5, 5.41) is 4.87. The zero-order valence-corrected chi connectivity index (χ0v) is 27.6. The molecular weight excluding hydrogens is 640 g/mol. The highest BCUT2D eigenvalue weighted by atomic mass is 16.7. The van der Waals surface area contributed by atoms with Gasteiger partial charge in [-0.15, -0.1) is 0 Å². The lowest BCUT2D eigenvalue weighted by atomic mass is 9.87. The van der Waals surface area contributed by atoms with E-state index in [9.17, 15) is 38.4 Å². The molecule has 7 atom stereocenters. The maximum atomic E-state index is 13.9. The minimum absolute atomic E-state index is 0.121. The summed E-state index contributed by atoms with van der Waals surface area (Å²) in [5.41, 5.74) is 0.667. The zero-order chi connectivity index (χ0) is 36.2. The fourth-order valence-corrected chi connectivity index (χ4v) is 4.82. The molecule has 1 fully saturated rings. The third kappa shape index (κ3) is 11.9. The van der Waals surface area contributed by atoms with Gasteiger partial charge in [0.2, 0.25) is 5.91 Å². The van der Waals surface area contributed by atoms with Crippen LogP contribution in [-0.2, 0) is 78.1 Å². The van der Waals surface area contributed by atoms with Crippen LogP contribution in [0.15, 0.2) is 30.3 Å². The fourth-order valence-electron chi connectivity index (χ4n) is 4.82. The van der Waals surface area contributed by atoms with Crippen LogP contribution in [0.5, 0.6) is 0 Å². The molecule has 0 aromatic heterocycles. The third-order valence-corrected chi connectivity index (χ3v) is 6.58. The van der Waals surface area contributed by atoms with Crippen molar-refractivity contribution < 1.29 is 71.5 Å². The Bertz CT molecular complexity index is 1370. The molecule has 1 aliphatic rings. The van der Waals surface area contributed by atoms with E-state index in [-0.39, 0.29) is 6.61 Å². The molecule has 1 saturated heterocycles. The van der Waals surface area contributed by atoms with Crippen LogP contribution in [0, 0.1) is 0 Å². The molecule has 1 aliphatic heterocycles. The van der Waals surface area contributed by atoms with E-state index >= 15 is 0 Å². The Morgan fingerprint density at radius 2 is 1.46 bits per heavy atom. The molecular formula is C31H40N2O15. The number of ether oxygens (including phenoxy) is 7. The van der Waals surface area contributed by atoms with Crippen LogP contribution < -0.4 is 10.6 Å². The molecule has 0 bridgehead atoms. The maximum absolute atomic E-state index is 13.9. The molecule has 0 radical (unpaired) electrons. The number of hydrogen-bond donors (Lipinski definition) is 2. The fraction of sp³-hybridized carbons (Fsp3) is 0.548. The van der Waals surface area contributed by atoms with Gasteiger partial charge in [0.1, 0.15) is 31.5 Å². The summed E-state index contributed by atoms with van der Waals surface area (Å²) in [5.74, 6) is -10.2. The first-order valence-electron chi connectivity index (χ1n) is 14.7. The SMILES string of the molecule is CC(=O)N[C@H]1[C@H]([C@H](OC(C)=O)[C@@H](COC(C)=O)OC(C)=O)O[C@](OC(C)=O)(C(=O)N[C@@H](C)C(=O)OCc2ccccc2)C[C@@H]1OC(C)=O. The summed E-state index contributed by atoms with van der Waals surface area (Å²) in [6.07, 6.45) is -7.49. The van der Waals surface area contributed by atoms with Gasteiger partial charge in [0.25, 0.3) is 11.7 Å². The molecule has 1 aromatic carbocycles. The molecule has 2 N–H and O–H groups in total. The molecule has 17 heteroatoms. The predicted molar refractivity (Wildman–Crippen MR) is 159 cm³/mol. The van der Waals surface area contributed by atoms with E-state index in [1.165, 1.54) is 6.92 Å². The molecule has 1 heterocycles. The van der Waals surface area contributed by atoms with E-state index in [1.807, 2.05) is 0 Å². The second kappa shape index (κ2) is 17.7. The van der Waals surface area contributed by atoms with Gasteiger partial charge in [-0.1, -0.05) is 30.3 Å². The van der Waals surface area contributed by atoms with Crippen LogP contribution >= 0.6 is 0 Å². The molecule has 17 nitrogen and oxygen atoms in total. The van der Waals surface area contributed by atoms with Crippen molar-refractivity contribution in [2.75, 3.05) is 6.61 Å². The first kappa shape index (κ1) is 39.1. The molecule has 0 saturated carbocycles. The molecule has 1 aromatic rings. The Labute approximate surface area is 276 Å². The number of nitrogens with one attached hydrogen (secondary N) is 2. The summed E-state index contributed by atoms with van der Waals surface area (Å²) >= 11 is 0. The number of esters is 6. The Balaban J connectivity index is 2.64. The summed E-state index contributed by atoms with van der Waals surface area (Å²) in [7, 11) is 0. The van der Waals surface area contributed by atoms with Crippen molar-refractivity contribution in [3.05, 3.63) is 35.9 Å². The maximum Gasteiger partial charge on any atom is 0.328 e. The first-order valence-corrected chi connectivity index (χ1v) is 14.7. The second-order valence-electron chi connectivity index (χ2n) is 10.8. The van der Waals surface area contributed by atoms with Crippen LogP contribution in [-0.4, -0.2) is 96.5 Å². The van der Waals surface area contributed by atoms with Crippen molar-refractivity contribution in [2.45, 2.75) is 104 Å². The first-order chi connectivity index (χ1) is 22.4. The third-order valence-electron chi connectivity index (χ3n) is 6.58. The summed E-state index contributed by atoms with van der Waals surface area (Å²) in [6.45, 7) is 6.59. The highest BCUT2D eigenvalue weighted by Gasteiger charge is 2.60. The average Bonchev–Trinajstić information content (AvgIpc) is 2.97. The second-order valence-corrected chi connectivity index (χ2v) is 10.8. The summed E-state index contributed by atoms with van der Waals surface area (Å²) in [4.78, 5) is 99.9. The van der Waals surface area contributed by atoms with Crippen molar-refractivity contribution in [1.29, 1.82) is 0 Å². The van der Waals surface area contributed by atoms with Gasteiger partial charge in [-0.2, -0.15) is 0 Å². The number of hydrogen-bond acceptors (Lipinski definition) is 15. The molecule has 0 unspecified atom stereocenters. The predicted octanol–water partition coefficient (Wildman–Crippen LogP) is 0.146. The van der Waals surface area contributed by atoms with Gasteiger partial charge in [0.15, 0.2) is 12.2 Å². The van der Waals surface area contributed by atoms with Crippen LogP contribution in [0.4, 0.5) is 0 Å². The van der Waals surface area contributed by atoms with E-state index in [0.29, 0.717) is 5.56 Å². The molecule has 264 valence electrons. The van der Waals surface area contributed by atoms with Crippen LogP contribution in [0.3, 0.4) is 0 Å². The molecule has 2 rings (SSSR count). The van der Waals surface area contributed by atoms with Crippen molar-refractivity contribution >= 4 is 47.6 Å². The van der Waals surface area contributed by atoms with E-state index in [4.69, 9.17) is 33.2 Å². The van der Waals surface area contributed by atoms with Gasteiger partial charge >= 0.3 is 35.8 Å². The number of rotatable bonds is 14. The van der Waals surface area contributed by atoms with E-state index in [1.54, 1.807) is 30.3 Å². The van der Waals surface area contributed by atoms with Crippen LogP contribution in [0.25, 0.3) is 0 Å². The highest BCUT2D eigenvalue weighted by Crippen LogP contribution is 2.36. The molecule has 0 aliphatic carbocycles. The van der Waals surface area contributed by atoms with Crippen LogP contribution in [0.1, 0.15) is 60.5 Å². The minimum atomic E-state index is -2.71. The Morgan fingerprint density at radius 3 is 1.98 bits per heavy atom. The van der Waals surface area contributed by atoms with Crippen molar-refractivity contribution in [3.8, 4) is 0 Å². The number of carbonyl (C=O) groups is 8. The highest BCUT2D eigenvalue weighted by molar-refractivity contribution is 5.90. The van der Waals surface area contributed by atoms with Gasteiger partial charge in [-0.3, -0.25) is 33.6 Å². The Hall–Kier alpha value is -5.06. The molecule has 0 spiro atoms. The topological polar surface area (TPSA) is 225 Å². The van der Waals surface area contributed by atoms with Gasteiger partial charge in [-0.25, -0.2) is 4.79 Å². The van der Waals surface area contributed by atoms with Gasteiger partial charge in [-0.05, 0) is 12.5 Å². The van der Waals surface area contributed by atoms with Crippen molar-refractivity contribution in [1.82, 2.24) is 10.6 Å². The van der Waals surface area contributed by atoms with Gasteiger partial charge < -0.3 is 43.8 Å². The van der Waals surface area contributed by atoms with E-state index < -0.39 is 103 Å². The summed E-state index contributed by atoms with van der Waals surface area (Å²) in [6, 6.07) is 5.89. The summed E-state index contributed by atoms with van der Waals surface area (Å²) < 4.78 is 38.0. The standard InChI is InChI=1S/C31H40N2O15/c1-16(29(40)43-14-23-11-9-8-10-12-23)32-30(41)31(47-22(7)39)13-24(44-19(4)36)26(33-17(2)34)28(48-31)27(46-21(6)38)25(45-20(5)37)15-42-18(3)35/h8-12,16,24-28H,13-15H2,1-7H3,(H,32,41)(H,33,34)/t16-,24-,25+,26+,27+,28+,31-/m0/s1. The van der Waals surface area contributed by atoms with Gasteiger partial charge in [0.05, 0.1) is 12.5 Å². The Kier molecular flexibility index (Phi) is 14.5.